The second-order valence-electron chi connectivity index (χ2n) is 4.32. The van der Waals surface area contributed by atoms with E-state index >= 15 is 0 Å². The van der Waals surface area contributed by atoms with Crippen LogP contribution in [0.15, 0.2) is 24.3 Å². The Balaban J connectivity index is 2.00. The van der Waals surface area contributed by atoms with Crippen LogP contribution in [0, 0.1) is 0 Å². The molecule has 1 aliphatic rings. The summed E-state index contributed by atoms with van der Waals surface area (Å²) >= 11 is 0. The molecule has 1 atom stereocenters. The number of nitrogens with one attached hydrogen (secondary N) is 1. The van der Waals surface area contributed by atoms with Gasteiger partial charge in [0.1, 0.15) is 5.75 Å². The Labute approximate surface area is 96.8 Å². The van der Waals surface area contributed by atoms with Crippen LogP contribution < -0.4 is 10.1 Å². The van der Waals surface area contributed by atoms with E-state index in [1.165, 1.54) is 5.56 Å². The van der Waals surface area contributed by atoms with Crippen LogP contribution in [0.1, 0.15) is 25.5 Å². The van der Waals surface area contributed by atoms with Gasteiger partial charge in [-0.1, -0.05) is 12.1 Å². The summed E-state index contributed by atoms with van der Waals surface area (Å²) in [6.45, 7) is 6.55. The van der Waals surface area contributed by atoms with Crippen molar-refractivity contribution in [3.63, 3.8) is 0 Å². The van der Waals surface area contributed by atoms with E-state index in [9.17, 15) is 0 Å². The highest BCUT2D eigenvalue weighted by molar-refractivity contribution is 5.29. The van der Waals surface area contributed by atoms with E-state index in [4.69, 9.17) is 9.47 Å². The molecule has 1 aromatic rings. The van der Waals surface area contributed by atoms with Gasteiger partial charge in [-0.05, 0) is 31.5 Å². The van der Waals surface area contributed by atoms with Gasteiger partial charge in [0, 0.05) is 6.54 Å². The average molecular weight is 221 g/mol. The number of benzene rings is 1. The van der Waals surface area contributed by atoms with E-state index in [-0.39, 0.29) is 6.10 Å². The van der Waals surface area contributed by atoms with Gasteiger partial charge in [-0.2, -0.15) is 0 Å². The Bertz CT molecular complexity index is 315. The van der Waals surface area contributed by atoms with Crippen LogP contribution >= 0.6 is 0 Å². The predicted octanol–water partition coefficient (Wildman–Crippen LogP) is 2.13. The van der Waals surface area contributed by atoms with Gasteiger partial charge in [0.15, 0.2) is 0 Å². The lowest BCUT2D eigenvalue weighted by Crippen LogP contribution is -2.34. The summed E-state index contributed by atoms with van der Waals surface area (Å²) in [6.07, 6.45) is 0.224. The zero-order valence-corrected chi connectivity index (χ0v) is 9.90. The third-order valence-corrected chi connectivity index (χ3v) is 2.58. The summed E-state index contributed by atoms with van der Waals surface area (Å²) in [5.74, 6) is 0.926. The van der Waals surface area contributed by atoms with Crippen LogP contribution in [-0.4, -0.2) is 25.9 Å². The Morgan fingerprint density at radius 3 is 2.62 bits per heavy atom. The van der Waals surface area contributed by atoms with Crippen LogP contribution in [0.5, 0.6) is 5.75 Å². The molecule has 0 radical (unpaired) electrons. The molecular formula is C13H19NO2. The summed E-state index contributed by atoms with van der Waals surface area (Å²) in [4.78, 5) is 0. The van der Waals surface area contributed by atoms with E-state index in [1.54, 1.807) is 0 Å². The Morgan fingerprint density at radius 1 is 1.31 bits per heavy atom. The zero-order valence-electron chi connectivity index (χ0n) is 9.90. The van der Waals surface area contributed by atoms with E-state index in [0.29, 0.717) is 6.04 Å². The minimum absolute atomic E-state index is 0.224. The molecule has 3 heteroatoms. The fourth-order valence-corrected chi connectivity index (χ4v) is 1.83. The highest BCUT2D eigenvalue weighted by Crippen LogP contribution is 2.20. The van der Waals surface area contributed by atoms with Crippen molar-refractivity contribution in [3.05, 3.63) is 29.8 Å². The monoisotopic (exact) mass is 221 g/mol. The summed E-state index contributed by atoms with van der Waals surface area (Å²) in [5.41, 5.74) is 1.26. The third kappa shape index (κ3) is 2.97. The summed E-state index contributed by atoms with van der Waals surface area (Å²) in [6, 6.07) is 8.56. The van der Waals surface area contributed by atoms with Gasteiger partial charge in [-0.3, -0.25) is 0 Å². The molecule has 0 amide bonds. The second-order valence-corrected chi connectivity index (χ2v) is 4.32. The Morgan fingerprint density at radius 2 is 2.06 bits per heavy atom. The van der Waals surface area contributed by atoms with Crippen molar-refractivity contribution in [2.45, 2.75) is 26.0 Å². The van der Waals surface area contributed by atoms with Crippen LogP contribution in [-0.2, 0) is 4.74 Å². The lowest BCUT2D eigenvalue weighted by molar-refractivity contribution is 0.0768. The molecule has 1 aromatic carbocycles. The molecule has 1 fully saturated rings. The SMILES string of the molecule is CC(C)Oc1ccc([C@@H]2COCCN2)cc1. The summed E-state index contributed by atoms with van der Waals surface area (Å²) in [7, 11) is 0. The molecule has 1 heterocycles. The van der Waals surface area contributed by atoms with E-state index in [2.05, 4.69) is 17.4 Å². The number of morpholine rings is 1. The topological polar surface area (TPSA) is 30.5 Å². The van der Waals surface area contributed by atoms with Crippen molar-refractivity contribution in [1.29, 1.82) is 0 Å². The second kappa shape index (κ2) is 5.32. The van der Waals surface area contributed by atoms with Crippen molar-refractivity contribution < 1.29 is 9.47 Å². The summed E-state index contributed by atoms with van der Waals surface area (Å²) in [5, 5.41) is 3.43. The van der Waals surface area contributed by atoms with Gasteiger partial charge in [0.25, 0.3) is 0 Å². The summed E-state index contributed by atoms with van der Waals surface area (Å²) < 4.78 is 11.0. The smallest absolute Gasteiger partial charge is 0.119 e. The molecule has 2 rings (SSSR count). The first-order valence-electron chi connectivity index (χ1n) is 5.83. The maximum Gasteiger partial charge on any atom is 0.119 e. The fourth-order valence-electron chi connectivity index (χ4n) is 1.83. The molecule has 0 unspecified atom stereocenters. The minimum atomic E-state index is 0.224. The standard InChI is InChI=1S/C13H19NO2/c1-10(2)16-12-5-3-11(4-6-12)13-9-15-8-7-14-13/h3-6,10,13-14H,7-9H2,1-2H3/t13-/m0/s1. The van der Waals surface area contributed by atoms with E-state index < -0.39 is 0 Å². The predicted molar refractivity (Wildman–Crippen MR) is 63.8 cm³/mol. The van der Waals surface area contributed by atoms with Crippen LogP contribution in [0.3, 0.4) is 0 Å². The molecule has 0 aromatic heterocycles. The minimum Gasteiger partial charge on any atom is -0.491 e. The number of hydrogen-bond donors (Lipinski definition) is 1. The highest BCUT2D eigenvalue weighted by atomic mass is 16.5. The van der Waals surface area contributed by atoms with Gasteiger partial charge in [-0.25, -0.2) is 0 Å². The van der Waals surface area contributed by atoms with Crippen molar-refractivity contribution in [3.8, 4) is 5.75 Å². The number of rotatable bonds is 3. The largest absolute Gasteiger partial charge is 0.491 e. The normalized spacial score (nSPS) is 21.1. The van der Waals surface area contributed by atoms with Crippen LogP contribution in [0.2, 0.25) is 0 Å². The first-order chi connectivity index (χ1) is 7.75. The quantitative estimate of drug-likeness (QED) is 0.848. The van der Waals surface area contributed by atoms with Gasteiger partial charge in [-0.15, -0.1) is 0 Å². The van der Waals surface area contributed by atoms with Crippen molar-refractivity contribution in [2.24, 2.45) is 0 Å². The molecule has 1 N–H and O–H groups in total. The molecule has 3 nitrogen and oxygen atoms in total. The van der Waals surface area contributed by atoms with Gasteiger partial charge >= 0.3 is 0 Å². The van der Waals surface area contributed by atoms with Crippen LogP contribution in [0.4, 0.5) is 0 Å². The van der Waals surface area contributed by atoms with Gasteiger partial charge in [0.2, 0.25) is 0 Å². The average Bonchev–Trinajstić information content (AvgIpc) is 2.30. The van der Waals surface area contributed by atoms with Crippen molar-refractivity contribution >= 4 is 0 Å². The lowest BCUT2D eigenvalue weighted by Gasteiger charge is -2.24. The first-order valence-corrected chi connectivity index (χ1v) is 5.83. The highest BCUT2D eigenvalue weighted by Gasteiger charge is 2.14. The van der Waals surface area contributed by atoms with Crippen molar-refractivity contribution in [2.75, 3.05) is 19.8 Å². The molecule has 1 aliphatic heterocycles. The molecule has 0 saturated carbocycles. The maximum atomic E-state index is 5.60. The Kier molecular flexibility index (Phi) is 3.80. The van der Waals surface area contributed by atoms with E-state index in [1.807, 2.05) is 26.0 Å². The molecule has 1 saturated heterocycles. The molecule has 88 valence electrons. The molecular weight excluding hydrogens is 202 g/mol. The van der Waals surface area contributed by atoms with E-state index in [0.717, 1.165) is 25.5 Å². The number of hydrogen-bond acceptors (Lipinski definition) is 3. The molecule has 16 heavy (non-hydrogen) atoms. The van der Waals surface area contributed by atoms with Crippen molar-refractivity contribution in [1.82, 2.24) is 5.32 Å². The van der Waals surface area contributed by atoms with Gasteiger partial charge < -0.3 is 14.8 Å². The fraction of sp³-hybridized carbons (Fsp3) is 0.538. The Hall–Kier alpha value is -1.06. The maximum absolute atomic E-state index is 5.60. The number of ether oxygens (including phenoxy) is 2. The van der Waals surface area contributed by atoms with Gasteiger partial charge in [0.05, 0.1) is 25.4 Å². The molecule has 0 spiro atoms. The lowest BCUT2D eigenvalue weighted by atomic mass is 10.1. The molecule has 0 bridgehead atoms. The first kappa shape index (κ1) is 11.4. The molecule has 0 aliphatic carbocycles. The third-order valence-electron chi connectivity index (χ3n) is 2.58. The van der Waals surface area contributed by atoms with Crippen LogP contribution in [0.25, 0.3) is 0 Å². The zero-order chi connectivity index (χ0) is 11.4.